The van der Waals surface area contributed by atoms with Crippen LogP contribution in [0, 0.1) is 5.92 Å². The lowest BCUT2D eigenvalue weighted by atomic mass is 9.98. The molecule has 3 N–H and O–H groups in total. The number of nitrogens with one attached hydrogen (secondary N) is 2. The molecule has 0 bridgehead atoms. The molecule has 32 heavy (non-hydrogen) atoms. The van der Waals surface area contributed by atoms with Crippen LogP contribution in [-0.2, 0) is 14.3 Å². The lowest BCUT2D eigenvalue weighted by Gasteiger charge is -2.26. The number of amides is 2. The van der Waals surface area contributed by atoms with Gasteiger partial charge in [0.25, 0.3) is 5.91 Å². The van der Waals surface area contributed by atoms with Crippen LogP contribution >= 0.6 is 0 Å². The summed E-state index contributed by atoms with van der Waals surface area (Å²) in [5, 5.41) is 12.4. The van der Waals surface area contributed by atoms with Crippen molar-refractivity contribution in [2.45, 2.75) is 30.7 Å². The van der Waals surface area contributed by atoms with Crippen molar-refractivity contribution in [3.63, 3.8) is 0 Å². The summed E-state index contributed by atoms with van der Waals surface area (Å²) < 4.78 is 34.6. The number of alkyl halides is 2. The van der Waals surface area contributed by atoms with E-state index in [0.717, 1.165) is 22.3 Å². The first-order chi connectivity index (χ1) is 15.3. The predicted molar refractivity (Wildman–Crippen MR) is 110 cm³/mol. The molecule has 168 valence electrons. The highest BCUT2D eigenvalue weighted by atomic mass is 19.3. The summed E-state index contributed by atoms with van der Waals surface area (Å²) in [4.78, 5) is 34.8. The van der Waals surface area contributed by atoms with Crippen LogP contribution < -0.4 is 10.6 Å². The molecule has 0 radical (unpaired) electrons. The van der Waals surface area contributed by atoms with Gasteiger partial charge in [-0.2, -0.15) is 8.78 Å². The highest BCUT2D eigenvalue weighted by molar-refractivity contribution is 5.88. The van der Waals surface area contributed by atoms with E-state index in [1.807, 2.05) is 48.5 Å². The number of carboxylic acid groups (broad SMARTS) is 1. The van der Waals surface area contributed by atoms with Gasteiger partial charge in [-0.15, -0.1) is 0 Å². The third kappa shape index (κ3) is 4.28. The minimum Gasteiger partial charge on any atom is -0.480 e. The van der Waals surface area contributed by atoms with Crippen LogP contribution in [0.1, 0.15) is 29.9 Å². The van der Waals surface area contributed by atoms with E-state index in [1.165, 1.54) is 0 Å². The van der Waals surface area contributed by atoms with E-state index in [0.29, 0.717) is 12.8 Å². The van der Waals surface area contributed by atoms with Gasteiger partial charge in [-0.25, -0.2) is 4.79 Å². The number of hydrogen-bond acceptors (Lipinski definition) is 4. The molecule has 0 saturated heterocycles. The summed E-state index contributed by atoms with van der Waals surface area (Å²) in [6.07, 6.45) is -0.193. The molecule has 9 heteroatoms. The van der Waals surface area contributed by atoms with Crippen molar-refractivity contribution in [2.75, 3.05) is 13.2 Å². The molecule has 0 aliphatic heterocycles. The Bertz CT molecular complexity index is 1010. The van der Waals surface area contributed by atoms with E-state index in [-0.39, 0.29) is 12.5 Å². The standard InChI is InChI=1S/C23H22F2N2O5/c24-23(25,21(30)26-11-19(28)29)20(13-9-10-13)27-22(31)32-12-18-16-7-3-1-5-14(16)15-6-2-4-8-17(15)18/h1-8,13,18,20H,9-12H2,(H,26,30)(H,27,31)(H,28,29). The van der Waals surface area contributed by atoms with Gasteiger partial charge in [-0.05, 0) is 41.0 Å². The van der Waals surface area contributed by atoms with Gasteiger partial charge in [0.15, 0.2) is 0 Å². The first-order valence-electron chi connectivity index (χ1n) is 10.3. The predicted octanol–water partition coefficient (Wildman–Crippen LogP) is 3.14. The molecule has 2 aliphatic rings. The molecule has 2 amide bonds. The zero-order valence-electron chi connectivity index (χ0n) is 17.0. The van der Waals surface area contributed by atoms with Crippen LogP contribution in [-0.4, -0.2) is 48.2 Å². The van der Waals surface area contributed by atoms with E-state index >= 15 is 0 Å². The van der Waals surface area contributed by atoms with E-state index in [4.69, 9.17) is 9.84 Å². The number of ether oxygens (including phenoxy) is 1. The summed E-state index contributed by atoms with van der Waals surface area (Å²) in [6.45, 7) is -0.981. The molecule has 2 aliphatic carbocycles. The average Bonchev–Trinajstić information content (AvgIpc) is 3.56. The summed E-state index contributed by atoms with van der Waals surface area (Å²) in [5.41, 5.74) is 4.04. The monoisotopic (exact) mass is 444 g/mol. The van der Waals surface area contributed by atoms with Gasteiger partial charge in [-0.3, -0.25) is 9.59 Å². The van der Waals surface area contributed by atoms with Gasteiger partial charge >= 0.3 is 18.0 Å². The maximum Gasteiger partial charge on any atom is 0.407 e. The third-order valence-corrected chi connectivity index (χ3v) is 5.80. The van der Waals surface area contributed by atoms with Gasteiger partial charge in [0.1, 0.15) is 19.2 Å². The maximum atomic E-state index is 14.6. The van der Waals surface area contributed by atoms with Crippen LogP contribution in [0.2, 0.25) is 0 Å². The molecular weight excluding hydrogens is 422 g/mol. The number of alkyl carbamates (subject to hydrolysis) is 1. The fraction of sp³-hybridized carbons (Fsp3) is 0.348. The molecule has 0 aromatic heterocycles. The Morgan fingerprint density at radius 1 is 1.03 bits per heavy atom. The minimum absolute atomic E-state index is 0.0476. The molecule has 0 heterocycles. The van der Waals surface area contributed by atoms with Crippen molar-refractivity contribution >= 4 is 18.0 Å². The molecule has 7 nitrogen and oxygen atoms in total. The number of fused-ring (bicyclic) bond motifs is 3. The topological polar surface area (TPSA) is 105 Å². The van der Waals surface area contributed by atoms with E-state index in [2.05, 4.69) is 5.32 Å². The van der Waals surface area contributed by atoms with E-state index in [1.54, 1.807) is 5.32 Å². The second kappa shape index (κ2) is 8.57. The first kappa shape index (κ1) is 21.7. The SMILES string of the molecule is O=C(O)CNC(=O)C(F)(F)C(NC(=O)OCC1c2ccccc2-c2ccccc21)C1CC1. The Morgan fingerprint density at radius 3 is 2.12 bits per heavy atom. The highest BCUT2D eigenvalue weighted by Crippen LogP contribution is 2.44. The fourth-order valence-corrected chi connectivity index (χ4v) is 4.12. The third-order valence-electron chi connectivity index (χ3n) is 5.80. The molecule has 0 spiro atoms. The molecule has 2 aromatic carbocycles. The van der Waals surface area contributed by atoms with Gasteiger partial charge in [0, 0.05) is 5.92 Å². The Hall–Kier alpha value is -3.49. The van der Waals surface area contributed by atoms with Gasteiger partial charge < -0.3 is 20.5 Å². The van der Waals surface area contributed by atoms with Crippen molar-refractivity contribution in [3.05, 3.63) is 59.7 Å². The molecule has 1 atom stereocenters. The molecule has 1 saturated carbocycles. The Labute approximate surface area is 182 Å². The average molecular weight is 444 g/mol. The van der Waals surface area contributed by atoms with Crippen molar-refractivity contribution in [1.82, 2.24) is 10.6 Å². The van der Waals surface area contributed by atoms with Crippen LogP contribution in [0.15, 0.2) is 48.5 Å². The quantitative estimate of drug-likeness (QED) is 0.580. The maximum absolute atomic E-state index is 14.6. The molecule has 4 rings (SSSR count). The number of aliphatic carboxylic acids is 1. The van der Waals surface area contributed by atoms with Crippen molar-refractivity contribution < 1.29 is 33.0 Å². The van der Waals surface area contributed by atoms with Gasteiger partial charge in [0.2, 0.25) is 0 Å². The summed E-state index contributed by atoms with van der Waals surface area (Å²) >= 11 is 0. The first-order valence-corrected chi connectivity index (χ1v) is 10.3. The molecular formula is C23H22F2N2O5. The molecule has 1 unspecified atom stereocenters. The van der Waals surface area contributed by atoms with Crippen molar-refractivity contribution in [3.8, 4) is 11.1 Å². The second-order valence-corrected chi connectivity index (χ2v) is 7.98. The Balaban J connectivity index is 1.43. The van der Waals surface area contributed by atoms with Crippen LogP contribution in [0.5, 0.6) is 0 Å². The van der Waals surface area contributed by atoms with Crippen LogP contribution in [0.25, 0.3) is 11.1 Å². The number of carbonyl (C=O) groups is 3. The van der Waals surface area contributed by atoms with Crippen molar-refractivity contribution in [1.29, 1.82) is 0 Å². The molecule has 1 fully saturated rings. The minimum atomic E-state index is -3.97. The highest BCUT2D eigenvalue weighted by Gasteiger charge is 2.54. The van der Waals surface area contributed by atoms with E-state index in [9.17, 15) is 23.2 Å². The lowest BCUT2D eigenvalue weighted by Crippen LogP contribution is -2.57. The van der Waals surface area contributed by atoms with Gasteiger partial charge in [0.05, 0.1) is 0 Å². The number of carboxylic acids is 1. The van der Waals surface area contributed by atoms with Crippen LogP contribution in [0.3, 0.4) is 0 Å². The Kier molecular flexibility index (Phi) is 5.82. The van der Waals surface area contributed by atoms with Gasteiger partial charge in [-0.1, -0.05) is 48.5 Å². The molecule has 2 aromatic rings. The van der Waals surface area contributed by atoms with E-state index < -0.39 is 42.4 Å². The smallest absolute Gasteiger partial charge is 0.407 e. The Morgan fingerprint density at radius 2 is 1.59 bits per heavy atom. The lowest BCUT2D eigenvalue weighted by molar-refractivity contribution is -0.152. The largest absolute Gasteiger partial charge is 0.480 e. The summed E-state index contributed by atoms with van der Waals surface area (Å²) in [5.74, 6) is -7.97. The van der Waals surface area contributed by atoms with Crippen molar-refractivity contribution in [2.24, 2.45) is 5.92 Å². The number of halogens is 2. The zero-order chi connectivity index (χ0) is 22.9. The summed E-state index contributed by atoms with van der Waals surface area (Å²) in [6, 6.07) is 13.7. The number of hydrogen-bond donors (Lipinski definition) is 3. The normalized spacial score (nSPS) is 15.9. The second-order valence-electron chi connectivity index (χ2n) is 7.98. The summed E-state index contributed by atoms with van der Waals surface area (Å²) in [7, 11) is 0. The number of benzene rings is 2. The number of rotatable bonds is 8. The zero-order valence-corrected chi connectivity index (χ0v) is 17.0. The fourth-order valence-electron chi connectivity index (χ4n) is 4.12. The van der Waals surface area contributed by atoms with Crippen LogP contribution in [0.4, 0.5) is 13.6 Å². The number of carbonyl (C=O) groups excluding carboxylic acids is 2.